The fourth-order valence-electron chi connectivity index (χ4n) is 1.40. The zero-order valence-corrected chi connectivity index (χ0v) is 8.05. The second kappa shape index (κ2) is 4.79. The van der Waals surface area contributed by atoms with Gasteiger partial charge >= 0.3 is 0 Å². The van der Waals surface area contributed by atoms with E-state index in [0.717, 1.165) is 25.9 Å². The van der Waals surface area contributed by atoms with Crippen LogP contribution in [0.2, 0.25) is 0 Å². The van der Waals surface area contributed by atoms with Crippen molar-refractivity contribution in [1.29, 1.82) is 0 Å². The van der Waals surface area contributed by atoms with Crippen LogP contribution in [0.4, 0.5) is 0 Å². The zero-order valence-electron chi connectivity index (χ0n) is 7.15. The Morgan fingerprint density at radius 2 is 2.00 bits per heavy atom. The van der Waals surface area contributed by atoms with E-state index in [0.29, 0.717) is 12.6 Å². The SMILES string of the molecule is CC[C](O[SH](=O)=O)N1CCCC1. The minimum absolute atomic E-state index is 0.587. The van der Waals surface area contributed by atoms with Gasteiger partial charge in [-0.25, -0.2) is 12.6 Å². The standard InChI is InChI=1S/C7H14NO3S/c1-2-7(11-12(9)10)8-5-3-4-6-8/h12H,2-6H2,1H3. The van der Waals surface area contributed by atoms with Crippen LogP contribution in [0.25, 0.3) is 0 Å². The van der Waals surface area contributed by atoms with Crippen LogP contribution >= 0.6 is 0 Å². The van der Waals surface area contributed by atoms with Gasteiger partial charge in [0.05, 0.1) is 0 Å². The zero-order chi connectivity index (χ0) is 8.97. The van der Waals surface area contributed by atoms with Crippen molar-refractivity contribution in [1.82, 2.24) is 4.90 Å². The van der Waals surface area contributed by atoms with Crippen LogP contribution in [0, 0.1) is 6.23 Å². The molecule has 0 spiro atoms. The van der Waals surface area contributed by atoms with Crippen LogP contribution < -0.4 is 0 Å². The van der Waals surface area contributed by atoms with Crippen molar-refractivity contribution >= 4 is 11.0 Å². The molecule has 0 bridgehead atoms. The molecule has 0 aromatic rings. The lowest BCUT2D eigenvalue weighted by Crippen LogP contribution is -2.26. The van der Waals surface area contributed by atoms with Gasteiger partial charge in [0.1, 0.15) is 0 Å². The molecule has 1 fully saturated rings. The number of rotatable bonds is 4. The van der Waals surface area contributed by atoms with E-state index in [4.69, 9.17) is 0 Å². The summed E-state index contributed by atoms with van der Waals surface area (Å²) in [6, 6.07) is 0. The fourth-order valence-corrected chi connectivity index (χ4v) is 1.82. The highest BCUT2D eigenvalue weighted by Crippen LogP contribution is 2.20. The fraction of sp³-hybridized carbons (Fsp3) is 0.857. The van der Waals surface area contributed by atoms with E-state index < -0.39 is 11.0 Å². The monoisotopic (exact) mass is 192 g/mol. The molecule has 1 aliphatic heterocycles. The molecule has 1 radical (unpaired) electrons. The lowest BCUT2D eigenvalue weighted by atomic mass is 10.4. The van der Waals surface area contributed by atoms with Crippen LogP contribution in [0.5, 0.6) is 0 Å². The highest BCUT2D eigenvalue weighted by molar-refractivity contribution is 7.67. The molecule has 5 heteroatoms. The van der Waals surface area contributed by atoms with Crippen LogP contribution in [-0.4, -0.2) is 26.4 Å². The Bertz CT molecular complexity index is 191. The molecule has 1 aliphatic rings. The van der Waals surface area contributed by atoms with Gasteiger partial charge < -0.3 is 0 Å². The van der Waals surface area contributed by atoms with Gasteiger partial charge in [-0.05, 0) is 19.3 Å². The van der Waals surface area contributed by atoms with Gasteiger partial charge in [-0.2, -0.15) is 0 Å². The maximum Gasteiger partial charge on any atom is 0.259 e. The first kappa shape index (κ1) is 9.95. The lowest BCUT2D eigenvalue weighted by Gasteiger charge is -2.21. The summed E-state index contributed by atoms with van der Waals surface area (Å²) in [5.41, 5.74) is 0. The molecule has 0 atom stereocenters. The summed E-state index contributed by atoms with van der Waals surface area (Å²) in [4.78, 5) is 1.99. The maximum atomic E-state index is 10.3. The van der Waals surface area contributed by atoms with Gasteiger partial charge in [0.25, 0.3) is 11.0 Å². The Morgan fingerprint density at radius 1 is 1.42 bits per heavy atom. The van der Waals surface area contributed by atoms with Gasteiger partial charge in [0.15, 0.2) is 6.23 Å². The number of likely N-dealkylation sites (tertiary alicyclic amines) is 1. The molecule has 0 aromatic carbocycles. The number of thiol groups is 1. The highest BCUT2D eigenvalue weighted by Gasteiger charge is 2.22. The molecular weight excluding hydrogens is 178 g/mol. The third-order valence-corrected chi connectivity index (χ3v) is 2.30. The Kier molecular flexibility index (Phi) is 3.97. The Morgan fingerprint density at radius 3 is 2.42 bits per heavy atom. The van der Waals surface area contributed by atoms with Crippen LogP contribution in [0.3, 0.4) is 0 Å². The first-order valence-corrected chi connectivity index (χ1v) is 5.26. The predicted octanol–water partition coefficient (Wildman–Crippen LogP) is 0.525. The molecule has 0 amide bonds. The number of nitrogens with zero attached hydrogens (tertiary/aromatic N) is 1. The largest absolute Gasteiger partial charge is 0.271 e. The molecule has 0 N–H and O–H groups in total. The summed E-state index contributed by atoms with van der Waals surface area (Å²) in [5, 5.41) is 0. The van der Waals surface area contributed by atoms with Crippen LogP contribution in [0.1, 0.15) is 26.2 Å². The Balaban J connectivity index is 2.42. The molecule has 1 saturated heterocycles. The highest BCUT2D eigenvalue weighted by atomic mass is 32.2. The van der Waals surface area contributed by atoms with Gasteiger partial charge in [-0.1, -0.05) is 6.92 Å². The van der Waals surface area contributed by atoms with Crippen LogP contribution in [0.15, 0.2) is 0 Å². The molecule has 1 heterocycles. The van der Waals surface area contributed by atoms with Gasteiger partial charge in [-0.3, -0.25) is 4.90 Å². The van der Waals surface area contributed by atoms with Gasteiger partial charge in [0, 0.05) is 13.1 Å². The Hall–Kier alpha value is -0.130. The van der Waals surface area contributed by atoms with Crippen LogP contribution in [-0.2, 0) is 15.2 Å². The first-order chi connectivity index (χ1) is 5.74. The molecular formula is C7H14NO3S. The van der Waals surface area contributed by atoms with Gasteiger partial charge in [0.2, 0.25) is 0 Å². The van der Waals surface area contributed by atoms with E-state index >= 15 is 0 Å². The van der Waals surface area contributed by atoms with E-state index in [2.05, 4.69) is 4.18 Å². The van der Waals surface area contributed by atoms with E-state index in [1.54, 1.807) is 0 Å². The normalized spacial score (nSPS) is 19.6. The second-order valence-corrected chi connectivity index (χ2v) is 3.39. The molecule has 4 nitrogen and oxygen atoms in total. The van der Waals surface area contributed by atoms with Crippen molar-refractivity contribution in [3.05, 3.63) is 6.23 Å². The quantitative estimate of drug-likeness (QED) is 0.660. The molecule has 71 valence electrons. The average molecular weight is 192 g/mol. The third kappa shape index (κ3) is 2.73. The molecule has 1 rings (SSSR count). The molecule has 0 saturated carbocycles. The minimum Gasteiger partial charge on any atom is -0.271 e. The molecule has 12 heavy (non-hydrogen) atoms. The summed E-state index contributed by atoms with van der Waals surface area (Å²) >= 11 is 0. The van der Waals surface area contributed by atoms with E-state index in [1.165, 1.54) is 0 Å². The second-order valence-electron chi connectivity index (χ2n) is 2.76. The van der Waals surface area contributed by atoms with Crippen molar-refractivity contribution in [3.8, 4) is 0 Å². The summed E-state index contributed by atoms with van der Waals surface area (Å²) in [6.45, 7) is 3.74. The molecule has 0 aromatic heterocycles. The van der Waals surface area contributed by atoms with E-state index in [1.807, 2.05) is 11.8 Å². The maximum absolute atomic E-state index is 10.3. The minimum atomic E-state index is -2.74. The molecule has 0 aliphatic carbocycles. The van der Waals surface area contributed by atoms with E-state index in [-0.39, 0.29) is 0 Å². The van der Waals surface area contributed by atoms with Crippen molar-refractivity contribution in [2.75, 3.05) is 13.1 Å². The van der Waals surface area contributed by atoms with Crippen molar-refractivity contribution in [2.24, 2.45) is 0 Å². The summed E-state index contributed by atoms with van der Waals surface area (Å²) in [6.07, 6.45) is 3.48. The topological polar surface area (TPSA) is 46.6 Å². The summed E-state index contributed by atoms with van der Waals surface area (Å²) in [7, 11) is -2.74. The van der Waals surface area contributed by atoms with Crippen molar-refractivity contribution in [3.63, 3.8) is 0 Å². The third-order valence-electron chi connectivity index (χ3n) is 1.94. The number of hydrogen-bond donors (Lipinski definition) is 1. The van der Waals surface area contributed by atoms with Crippen molar-refractivity contribution in [2.45, 2.75) is 26.2 Å². The van der Waals surface area contributed by atoms with Gasteiger partial charge in [-0.15, -0.1) is 0 Å². The predicted molar refractivity (Wildman–Crippen MR) is 45.7 cm³/mol. The lowest BCUT2D eigenvalue weighted by molar-refractivity contribution is 0.158. The number of hydrogen-bond acceptors (Lipinski definition) is 4. The smallest absolute Gasteiger partial charge is 0.259 e. The summed E-state index contributed by atoms with van der Waals surface area (Å²) < 4.78 is 25.3. The van der Waals surface area contributed by atoms with Crippen molar-refractivity contribution < 1.29 is 12.6 Å². The first-order valence-electron chi connectivity index (χ1n) is 4.17. The van der Waals surface area contributed by atoms with E-state index in [9.17, 15) is 8.42 Å². The Labute approximate surface area is 74.7 Å². The average Bonchev–Trinajstić information content (AvgIpc) is 2.51. The summed E-state index contributed by atoms with van der Waals surface area (Å²) in [5.74, 6) is 0. The molecule has 0 unspecified atom stereocenters.